The van der Waals surface area contributed by atoms with E-state index in [1.807, 2.05) is 0 Å². The second-order valence-corrected chi connectivity index (χ2v) is 5.83. The standard InChI is InChI=1S/C15H29NO2/c1-2-16-15(14-6-4-3-5-7-14)12-18-11-13-8-9-17-10-13/h13-16H,2-12H2,1H3. The number of hydrogen-bond acceptors (Lipinski definition) is 3. The molecule has 2 atom stereocenters. The fourth-order valence-corrected chi connectivity index (χ4v) is 3.24. The van der Waals surface area contributed by atoms with Crippen molar-refractivity contribution in [3.05, 3.63) is 0 Å². The topological polar surface area (TPSA) is 30.5 Å². The van der Waals surface area contributed by atoms with Crippen molar-refractivity contribution >= 4 is 0 Å². The Balaban J connectivity index is 1.67. The van der Waals surface area contributed by atoms with Crippen molar-refractivity contribution in [2.24, 2.45) is 11.8 Å². The highest BCUT2D eigenvalue weighted by Crippen LogP contribution is 2.26. The lowest BCUT2D eigenvalue weighted by Crippen LogP contribution is -2.41. The van der Waals surface area contributed by atoms with Gasteiger partial charge in [0, 0.05) is 18.6 Å². The molecule has 3 nitrogen and oxygen atoms in total. The third-order valence-corrected chi connectivity index (χ3v) is 4.36. The normalized spacial score (nSPS) is 27.5. The number of likely N-dealkylation sites (N-methyl/N-ethyl adjacent to an activating group) is 1. The van der Waals surface area contributed by atoms with Gasteiger partial charge in [-0.15, -0.1) is 0 Å². The Labute approximate surface area is 112 Å². The van der Waals surface area contributed by atoms with E-state index in [0.717, 1.165) is 38.9 Å². The molecule has 0 aromatic rings. The van der Waals surface area contributed by atoms with Crippen LogP contribution in [0.5, 0.6) is 0 Å². The van der Waals surface area contributed by atoms with Crippen molar-refractivity contribution in [3.63, 3.8) is 0 Å². The summed E-state index contributed by atoms with van der Waals surface area (Å²) < 4.78 is 11.3. The van der Waals surface area contributed by atoms with E-state index in [9.17, 15) is 0 Å². The summed E-state index contributed by atoms with van der Waals surface area (Å²) in [4.78, 5) is 0. The first-order valence-electron chi connectivity index (χ1n) is 7.79. The molecule has 1 saturated carbocycles. The minimum absolute atomic E-state index is 0.567. The quantitative estimate of drug-likeness (QED) is 0.758. The number of hydrogen-bond donors (Lipinski definition) is 1. The van der Waals surface area contributed by atoms with E-state index in [1.165, 1.54) is 38.5 Å². The van der Waals surface area contributed by atoms with Crippen LogP contribution in [0.2, 0.25) is 0 Å². The van der Waals surface area contributed by atoms with Crippen LogP contribution in [0.25, 0.3) is 0 Å². The van der Waals surface area contributed by atoms with Gasteiger partial charge in [0.05, 0.1) is 19.8 Å². The second-order valence-electron chi connectivity index (χ2n) is 5.83. The van der Waals surface area contributed by atoms with Crippen LogP contribution in [-0.4, -0.2) is 39.0 Å². The largest absolute Gasteiger partial charge is 0.381 e. The minimum Gasteiger partial charge on any atom is -0.381 e. The van der Waals surface area contributed by atoms with Crippen molar-refractivity contribution in [1.29, 1.82) is 0 Å². The van der Waals surface area contributed by atoms with Crippen molar-refractivity contribution in [3.8, 4) is 0 Å². The lowest BCUT2D eigenvalue weighted by atomic mass is 9.84. The van der Waals surface area contributed by atoms with Gasteiger partial charge in [-0.05, 0) is 31.7 Å². The van der Waals surface area contributed by atoms with Gasteiger partial charge < -0.3 is 14.8 Å². The van der Waals surface area contributed by atoms with Crippen molar-refractivity contribution < 1.29 is 9.47 Å². The van der Waals surface area contributed by atoms with Crippen molar-refractivity contribution in [2.75, 3.05) is 33.0 Å². The molecule has 0 spiro atoms. The monoisotopic (exact) mass is 255 g/mol. The lowest BCUT2D eigenvalue weighted by Gasteiger charge is -2.31. The van der Waals surface area contributed by atoms with E-state index >= 15 is 0 Å². The van der Waals surface area contributed by atoms with Crippen molar-refractivity contribution in [2.45, 2.75) is 51.5 Å². The molecule has 2 fully saturated rings. The van der Waals surface area contributed by atoms with Gasteiger partial charge in [-0.25, -0.2) is 0 Å². The van der Waals surface area contributed by atoms with E-state index in [2.05, 4.69) is 12.2 Å². The number of rotatable bonds is 7. The molecule has 1 N–H and O–H groups in total. The van der Waals surface area contributed by atoms with Gasteiger partial charge in [0.15, 0.2) is 0 Å². The van der Waals surface area contributed by atoms with Gasteiger partial charge in [-0.1, -0.05) is 26.2 Å². The zero-order valence-corrected chi connectivity index (χ0v) is 11.8. The summed E-state index contributed by atoms with van der Waals surface area (Å²) in [6.07, 6.45) is 8.18. The Hall–Kier alpha value is -0.120. The molecule has 3 heteroatoms. The Morgan fingerprint density at radius 3 is 2.72 bits per heavy atom. The summed E-state index contributed by atoms with van der Waals surface area (Å²) in [6.45, 7) is 6.84. The van der Waals surface area contributed by atoms with Gasteiger partial charge in [0.2, 0.25) is 0 Å². The van der Waals surface area contributed by atoms with Crippen LogP contribution >= 0.6 is 0 Å². The van der Waals surface area contributed by atoms with Gasteiger partial charge in [0.1, 0.15) is 0 Å². The first-order valence-corrected chi connectivity index (χ1v) is 7.79. The Bertz CT molecular complexity index is 211. The molecule has 0 aromatic carbocycles. The predicted molar refractivity (Wildman–Crippen MR) is 73.8 cm³/mol. The Morgan fingerprint density at radius 1 is 1.22 bits per heavy atom. The van der Waals surface area contributed by atoms with Crippen LogP contribution in [-0.2, 0) is 9.47 Å². The van der Waals surface area contributed by atoms with Crippen LogP contribution in [0, 0.1) is 11.8 Å². The molecule has 0 aromatic heterocycles. The van der Waals surface area contributed by atoms with E-state index in [4.69, 9.17) is 9.47 Å². The molecule has 2 unspecified atom stereocenters. The fraction of sp³-hybridized carbons (Fsp3) is 1.00. The number of nitrogens with one attached hydrogen (secondary N) is 1. The van der Waals surface area contributed by atoms with Gasteiger partial charge in [-0.2, -0.15) is 0 Å². The first kappa shape index (κ1) is 14.3. The molecule has 1 aliphatic carbocycles. The van der Waals surface area contributed by atoms with Crippen LogP contribution < -0.4 is 5.32 Å². The molecule has 0 amide bonds. The third kappa shape index (κ3) is 4.52. The second kappa shape index (κ2) is 8.13. The average molecular weight is 255 g/mol. The minimum atomic E-state index is 0.567. The maximum absolute atomic E-state index is 5.94. The summed E-state index contributed by atoms with van der Waals surface area (Å²) in [5, 5.41) is 3.62. The molecule has 18 heavy (non-hydrogen) atoms. The predicted octanol–water partition coefficient (Wildman–Crippen LogP) is 2.60. The smallest absolute Gasteiger partial charge is 0.0622 e. The molecular weight excluding hydrogens is 226 g/mol. The molecular formula is C15H29NO2. The average Bonchev–Trinajstić information content (AvgIpc) is 2.92. The van der Waals surface area contributed by atoms with E-state index in [-0.39, 0.29) is 0 Å². The summed E-state index contributed by atoms with van der Waals surface area (Å²) >= 11 is 0. The number of ether oxygens (including phenoxy) is 2. The highest BCUT2D eigenvalue weighted by Gasteiger charge is 2.24. The third-order valence-electron chi connectivity index (χ3n) is 4.36. The maximum Gasteiger partial charge on any atom is 0.0622 e. The van der Waals surface area contributed by atoms with Crippen LogP contribution in [0.15, 0.2) is 0 Å². The summed E-state index contributed by atoms with van der Waals surface area (Å²) in [7, 11) is 0. The van der Waals surface area contributed by atoms with Gasteiger partial charge in [0.25, 0.3) is 0 Å². The lowest BCUT2D eigenvalue weighted by molar-refractivity contribution is 0.0571. The molecule has 2 rings (SSSR count). The Morgan fingerprint density at radius 2 is 2.06 bits per heavy atom. The van der Waals surface area contributed by atoms with Crippen LogP contribution in [0.1, 0.15) is 45.4 Å². The summed E-state index contributed by atoms with van der Waals surface area (Å²) in [6, 6.07) is 0.567. The fourth-order valence-electron chi connectivity index (χ4n) is 3.24. The molecule has 1 aliphatic heterocycles. The zero-order chi connectivity index (χ0) is 12.6. The maximum atomic E-state index is 5.94. The Kier molecular flexibility index (Phi) is 6.46. The van der Waals surface area contributed by atoms with E-state index < -0.39 is 0 Å². The van der Waals surface area contributed by atoms with Crippen LogP contribution in [0.4, 0.5) is 0 Å². The molecule has 1 saturated heterocycles. The first-order chi connectivity index (χ1) is 8.90. The molecule has 2 aliphatic rings. The van der Waals surface area contributed by atoms with E-state index in [0.29, 0.717) is 12.0 Å². The zero-order valence-electron chi connectivity index (χ0n) is 11.8. The van der Waals surface area contributed by atoms with E-state index in [1.54, 1.807) is 0 Å². The highest BCUT2D eigenvalue weighted by molar-refractivity contribution is 4.79. The SMILES string of the molecule is CCNC(COCC1CCOC1)C1CCCCC1. The highest BCUT2D eigenvalue weighted by atomic mass is 16.5. The summed E-state index contributed by atoms with van der Waals surface area (Å²) in [5.74, 6) is 1.47. The molecule has 1 heterocycles. The molecule has 0 radical (unpaired) electrons. The summed E-state index contributed by atoms with van der Waals surface area (Å²) in [5.41, 5.74) is 0. The van der Waals surface area contributed by atoms with Crippen molar-refractivity contribution in [1.82, 2.24) is 5.32 Å². The molecule has 106 valence electrons. The van der Waals surface area contributed by atoms with Crippen LogP contribution in [0.3, 0.4) is 0 Å². The van der Waals surface area contributed by atoms with Gasteiger partial charge in [-0.3, -0.25) is 0 Å². The molecule has 0 bridgehead atoms. The van der Waals surface area contributed by atoms with Gasteiger partial charge >= 0.3 is 0 Å².